The van der Waals surface area contributed by atoms with Crippen LogP contribution in [-0.4, -0.2) is 78.9 Å². The van der Waals surface area contributed by atoms with E-state index >= 15 is 0 Å². The first-order chi connectivity index (χ1) is 10.9. The molecular weight excluding hydrogens is 318 g/mol. The molecule has 0 saturated carbocycles. The third-order valence-corrected chi connectivity index (χ3v) is 6.60. The smallest absolute Gasteiger partial charge is 0.245 e. The maximum atomic E-state index is 12.8. The van der Waals surface area contributed by atoms with Gasteiger partial charge in [-0.15, -0.1) is 0 Å². The topological polar surface area (TPSA) is 78.0 Å². The van der Waals surface area contributed by atoms with Crippen molar-refractivity contribution in [2.24, 2.45) is 0 Å². The lowest BCUT2D eigenvalue weighted by molar-refractivity contribution is -0.148. The molecular formula is C15H27N3O4S. The Labute approximate surface area is 138 Å². The van der Waals surface area contributed by atoms with Crippen LogP contribution < -0.4 is 0 Å². The zero-order valence-electron chi connectivity index (χ0n) is 14.0. The van der Waals surface area contributed by atoms with Crippen LogP contribution in [-0.2, 0) is 19.6 Å². The summed E-state index contributed by atoms with van der Waals surface area (Å²) in [7, 11) is -3.19. The summed E-state index contributed by atoms with van der Waals surface area (Å²) in [5.41, 5.74) is 0. The SMILES string of the molecule is CCC(=O)N1CCCCC1C(=O)N1CCN(S(=O)(=O)CC)CC1. The number of rotatable bonds is 4. The molecule has 23 heavy (non-hydrogen) atoms. The highest BCUT2D eigenvalue weighted by molar-refractivity contribution is 7.89. The Morgan fingerprint density at radius 2 is 1.65 bits per heavy atom. The van der Waals surface area contributed by atoms with Crippen LogP contribution in [0.3, 0.4) is 0 Å². The summed E-state index contributed by atoms with van der Waals surface area (Å²) in [6, 6.07) is -0.370. The Kier molecular flexibility index (Phi) is 6.02. The number of hydrogen-bond acceptors (Lipinski definition) is 4. The average Bonchev–Trinajstić information content (AvgIpc) is 2.60. The summed E-state index contributed by atoms with van der Waals surface area (Å²) in [4.78, 5) is 28.3. The van der Waals surface area contributed by atoms with Gasteiger partial charge in [-0.2, -0.15) is 4.31 Å². The third-order valence-electron chi connectivity index (χ3n) is 4.72. The molecule has 0 radical (unpaired) electrons. The van der Waals surface area contributed by atoms with Crippen molar-refractivity contribution in [1.82, 2.24) is 14.1 Å². The molecule has 2 aliphatic rings. The van der Waals surface area contributed by atoms with Crippen LogP contribution in [0.15, 0.2) is 0 Å². The molecule has 2 rings (SSSR count). The zero-order chi connectivity index (χ0) is 17.0. The van der Waals surface area contributed by atoms with Crippen molar-refractivity contribution in [2.75, 3.05) is 38.5 Å². The highest BCUT2D eigenvalue weighted by Crippen LogP contribution is 2.21. The normalized spacial score (nSPS) is 23.8. The van der Waals surface area contributed by atoms with E-state index in [1.165, 1.54) is 4.31 Å². The van der Waals surface area contributed by atoms with Crippen molar-refractivity contribution in [3.05, 3.63) is 0 Å². The first-order valence-corrected chi connectivity index (χ1v) is 10.1. The zero-order valence-corrected chi connectivity index (χ0v) is 14.8. The van der Waals surface area contributed by atoms with E-state index in [4.69, 9.17) is 0 Å². The molecule has 2 heterocycles. The molecule has 0 aromatic carbocycles. The van der Waals surface area contributed by atoms with E-state index in [1.807, 2.05) is 6.92 Å². The second-order valence-corrected chi connectivity index (χ2v) is 8.33. The van der Waals surface area contributed by atoms with Gasteiger partial charge < -0.3 is 9.80 Å². The molecule has 0 spiro atoms. The van der Waals surface area contributed by atoms with Gasteiger partial charge in [0.15, 0.2) is 0 Å². The van der Waals surface area contributed by atoms with Crippen molar-refractivity contribution in [3.63, 3.8) is 0 Å². The Morgan fingerprint density at radius 1 is 1.00 bits per heavy atom. The van der Waals surface area contributed by atoms with Gasteiger partial charge in [-0.05, 0) is 26.2 Å². The number of carbonyl (C=O) groups excluding carboxylic acids is 2. The van der Waals surface area contributed by atoms with Crippen LogP contribution in [0.25, 0.3) is 0 Å². The van der Waals surface area contributed by atoms with Gasteiger partial charge in [0.1, 0.15) is 6.04 Å². The highest BCUT2D eigenvalue weighted by Gasteiger charge is 2.36. The molecule has 0 aromatic heterocycles. The Hall–Kier alpha value is -1.15. The maximum Gasteiger partial charge on any atom is 0.245 e. The fraction of sp³-hybridized carbons (Fsp3) is 0.867. The van der Waals surface area contributed by atoms with Crippen LogP contribution in [0.4, 0.5) is 0 Å². The van der Waals surface area contributed by atoms with Crippen molar-refractivity contribution < 1.29 is 18.0 Å². The predicted octanol–water partition coefficient (Wildman–Crippen LogP) is 0.271. The summed E-state index contributed by atoms with van der Waals surface area (Å²) < 4.78 is 25.2. The number of piperidine rings is 1. The lowest BCUT2D eigenvalue weighted by Crippen LogP contribution is -2.57. The molecule has 2 aliphatic heterocycles. The van der Waals surface area contributed by atoms with E-state index in [1.54, 1.807) is 16.7 Å². The minimum Gasteiger partial charge on any atom is -0.338 e. The van der Waals surface area contributed by atoms with Gasteiger partial charge in [0.25, 0.3) is 0 Å². The van der Waals surface area contributed by atoms with Gasteiger partial charge in [-0.3, -0.25) is 9.59 Å². The fourth-order valence-electron chi connectivity index (χ4n) is 3.27. The van der Waals surface area contributed by atoms with Gasteiger partial charge >= 0.3 is 0 Å². The summed E-state index contributed by atoms with van der Waals surface area (Å²) in [6.45, 7) is 5.58. The molecule has 2 amide bonds. The number of amides is 2. The van der Waals surface area contributed by atoms with E-state index in [0.717, 1.165) is 12.8 Å². The molecule has 0 aromatic rings. The summed E-state index contributed by atoms with van der Waals surface area (Å²) >= 11 is 0. The number of piperazine rings is 1. The van der Waals surface area contributed by atoms with Crippen LogP contribution in [0.1, 0.15) is 39.5 Å². The minimum atomic E-state index is -3.19. The quantitative estimate of drug-likeness (QED) is 0.733. The van der Waals surface area contributed by atoms with Gasteiger partial charge in [0.2, 0.25) is 21.8 Å². The molecule has 2 saturated heterocycles. The van der Waals surface area contributed by atoms with E-state index in [9.17, 15) is 18.0 Å². The van der Waals surface area contributed by atoms with Gasteiger partial charge in [0, 0.05) is 39.1 Å². The van der Waals surface area contributed by atoms with Crippen molar-refractivity contribution in [3.8, 4) is 0 Å². The Morgan fingerprint density at radius 3 is 2.22 bits per heavy atom. The van der Waals surface area contributed by atoms with E-state index in [0.29, 0.717) is 45.6 Å². The van der Waals surface area contributed by atoms with Gasteiger partial charge in [-0.25, -0.2) is 8.42 Å². The van der Waals surface area contributed by atoms with Crippen LogP contribution in [0, 0.1) is 0 Å². The minimum absolute atomic E-state index is 0.0234. The molecule has 8 heteroatoms. The number of carbonyl (C=O) groups is 2. The van der Waals surface area contributed by atoms with Crippen molar-refractivity contribution in [2.45, 2.75) is 45.6 Å². The number of likely N-dealkylation sites (tertiary alicyclic amines) is 1. The fourth-order valence-corrected chi connectivity index (χ4v) is 4.35. The van der Waals surface area contributed by atoms with E-state index in [-0.39, 0.29) is 23.6 Å². The largest absolute Gasteiger partial charge is 0.338 e. The third kappa shape index (κ3) is 4.03. The monoisotopic (exact) mass is 345 g/mol. The first kappa shape index (κ1) is 18.2. The summed E-state index contributed by atoms with van der Waals surface area (Å²) in [5.74, 6) is 0.0813. The summed E-state index contributed by atoms with van der Waals surface area (Å²) in [6.07, 6.45) is 3.01. The molecule has 1 unspecified atom stereocenters. The highest BCUT2D eigenvalue weighted by atomic mass is 32.2. The first-order valence-electron chi connectivity index (χ1n) is 8.46. The lowest BCUT2D eigenvalue weighted by atomic mass is 10.00. The Balaban J connectivity index is 1.99. The second kappa shape index (κ2) is 7.61. The van der Waals surface area contributed by atoms with Crippen LogP contribution in [0.2, 0.25) is 0 Å². The molecule has 7 nitrogen and oxygen atoms in total. The molecule has 2 fully saturated rings. The molecule has 0 N–H and O–H groups in total. The molecule has 1 atom stereocenters. The van der Waals surface area contributed by atoms with Crippen LogP contribution in [0.5, 0.6) is 0 Å². The molecule has 132 valence electrons. The van der Waals surface area contributed by atoms with Crippen molar-refractivity contribution in [1.29, 1.82) is 0 Å². The van der Waals surface area contributed by atoms with Gasteiger partial charge in [0.05, 0.1) is 5.75 Å². The Bertz CT molecular complexity index is 541. The summed E-state index contributed by atoms with van der Waals surface area (Å²) in [5, 5.41) is 0. The maximum absolute atomic E-state index is 12.8. The molecule has 0 bridgehead atoms. The van der Waals surface area contributed by atoms with Crippen LogP contribution >= 0.6 is 0 Å². The standard InChI is InChI=1S/C15H27N3O4S/c1-3-14(19)18-8-6-5-7-13(18)15(20)16-9-11-17(12-10-16)23(21,22)4-2/h13H,3-12H2,1-2H3. The van der Waals surface area contributed by atoms with Gasteiger partial charge in [-0.1, -0.05) is 6.92 Å². The second-order valence-electron chi connectivity index (χ2n) is 6.08. The number of nitrogens with zero attached hydrogens (tertiary/aromatic N) is 3. The molecule has 0 aliphatic carbocycles. The lowest BCUT2D eigenvalue weighted by Gasteiger charge is -2.40. The number of hydrogen-bond donors (Lipinski definition) is 0. The number of sulfonamides is 1. The van der Waals surface area contributed by atoms with Crippen molar-refractivity contribution >= 4 is 21.8 Å². The van der Waals surface area contributed by atoms with E-state index in [2.05, 4.69) is 0 Å². The predicted molar refractivity (Wildman–Crippen MR) is 87.3 cm³/mol. The van der Waals surface area contributed by atoms with E-state index < -0.39 is 10.0 Å². The average molecular weight is 345 g/mol.